The van der Waals surface area contributed by atoms with Gasteiger partial charge in [-0.2, -0.15) is 0 Å². The van der Waals surface area contributed by atoms with Crippen molar-refractivity contribution in [2.75, 3.05) is 26.0 Å². The molecule has 1 aromatic carbocycles. The Morgan fingerprint density at radius 1 is 1.33 bits per heavy atom. The van der Waals surface area contributed by atoms with Gasteiger partial charge in [-0.15, -0.1) is 35.3 Å². The second-order valence-corrected chi connectivity index (χ2v) is 6.50. The van der Waals surface area contributed by atoms with Gasteiger partial charge in [-0.3, -0.25) is 4.99 Å². The van der Waals surface area contributed by atoms with Crippen LogP contribution in [0.25, 0.3) is 0 Å². The number of aliphatic imine (C=N–C) groups is 1. The lowest BCUT2D eigenvalue weighted by atomic mass is 10.0. The van der Waals surface area contributed by atoms with Crippen molar-refractivity contribution < 1.29 is 0 Å². The Kier molecular flexibility index (Phi) is 8.47. The minimum atomic E-state index is 0. The maximum absolute atomic E-state index is 4.57. The fourth-order valence-corrected chi connectivity index (χ4v) is 3.07. The van der Waals surface area contributed by atoms with Crippen LogP contribution in [0, 0.1) is 6.92 Å². The third kappa shape index (κ3) is 5.62. The van der Waals surface area contributed by atoms with E-state index in [0.29, 0.717) is 6.54 Å². The molecular formula is C17H26IN5S. The van der Waals surface area contributed by atoms with Crippen LogP contribution < -0.4 is 15.5 Å². The molecular weight excluding hydrogens is 433 g/mol. The summed E-state index contributed by atoms with van der Waals surface area (Å²) >= 11 is 1.64. The Bertz CT molecular complexity index is 669. The number of aromatic nitrogens is 1. The van der Waals surface area contributed by atoms with E-state index in [4.69, 9.17) is 0 Å². The molecule has 0 radical (unpaired) electrons. The first-order valence-electron chi connectivity index (χ1n) is 7.65. The highest BCUT2D eigenvalue weighted by molar-refractivity contribution is 14.0. The van der Waals surface area contributed by atoms with Crippen LogP contribution in [0.1, 0.15) is 29.8 Å². The van der Waals surface area contributed by atoms with Gasteiger partial charge < -0.3 is 15.5 Å². The Labute approximate surface area is 165 Å². The topological polar surface area (TPSA) is 52.6 Å². The van der Waals surface area contributed by atoms with Crippen molar-refractivity contribution >= 4 is 46.4 Å². The SMILES string of the molecule is CN=C(NCc1csc(N(C)C)n1)NC(C)c1ccccc1C.I. The molecule has 7 heteroatoms. The van der Waals surface area contributed by atoms with E-state index < -0.39 is 0 Å². The number of rotatable bonds is 5. The summed E-state index contributed by atoms with van der Waals surface area (Å²) in [5.41, 5.74) is 3.57. The summed E-state index contributed by atoms with van der Waals surface area (Å²) in [7, 11) is 5.78. The molecule has 0 amide bonds. The van der Waals surface area contributed by atoms with Crippen molar-refractivity contribution in [1.82, 2.24) is 15.6 Å². The van der Waals surface area contributed by atoms with Gasteiger partial charge in [0, 0.05) is 26.5 Å². The minimum Gasteiger partial charge on any atom is -0.354 e. The van der Waals surface area contributed by atoms with Gasteiger partial charge in [0.1, 0.15) is 0 Å². The first-order chi connectivity index (χ1) is 11.0. The molecule has 0 spiro atoms. The Morgan fingerprint density at radius 2 is 2.04 bits per heavy atom. The molecule has 2 N–H and O–H groups in total. The fraction of sp³-hybridized carbons (Fsp3) is 0.412. The molecule has 0 bridgehead atoms. The van der Waals surface area contributed by atoms with Gasteiger partial charge >= 0.3 is 0 Å². The van der Waals surface area contributed by atoms with E-state index in [0.717, 1.165) is 16.8 Å². The van der Waals surface area contributed by atoms with E-state index in [1.807, 2.05) is 19.0 Å². The normalized spacial score (nSPS) is 12.3. The highest BCUT2D eigenvalue weighted by Gasteiger charge is 2.10. The molecule has 2 rings (SSSR count). The summed E-state index contributed by atoms with van der Waals surface area (Å²) < 4.78 is 0. The average molecular weight is 459 g/mol. The van der Waals surface area contributed by atoms with E-state index >= 15 is 0 Å². The summed E-state index contributed by atoms with van der Waals surface area (Å²) in [6, 6.07) is 8.58. The number of anilines is 1. The first kappa shape index (κ1) is 20.7. The largest absolute Gasteiger partial charge is 0.354 e. The maximum Gasteiger partial charge on any atom is 0.191 e. The standard InChI is InChI=1S/C17H25N5S.HI/c1-12-8-6-7-9-15(12)13(2)20-16(18-3)19-10-14-11-23-17(21-14)22(4)5;/h6-9,11,13H,10H2,1-5H3,(H2,18,19,20);1H. The van der Waals surface area contributed by atoms with Crippen molar-refractivity contribution in [2.24, 2.45) is 4.99 Å². The smallest absolute Gasteiger partial charge is 0.191 e. The number of hydrogen-bond acceptors (Lipinski definition) is 4. The van der Waals surface area contributed by atoms with Gasteiger partial charge in [-0.25, -0.2) is 4.98 Å². The zero-order valence-electron chi connectivity index (χ0n) is 14.8. The summed E-state index contributed by atoms with van der Waals surface area (Å²) in [5.74, 6) is 0.778. The Hall–Kier alpha value is -1.35. The summed E-state index contributed by atoms with van der Waals surface area (Å²) in [6.45, 7) is 4.93. The molecule has 0 aliphatic carbocycles. The van der Waals surface area contributed by atoms with Crippen LogP contribution in [-0.2, 0) is 6.54 Å². The average Bonchev–Trinajstić information content (AvgIpc) is 3.00. The van der Waals surface area contributed by atoms with Gasteiger partial charge in [0.15, 0.2) is 11.1 Å². The fourth-order valence-electron chi connectivity index (χ4n) is 2.31. The maximum atomic E-state index is 4.57. The van der Waals surface area contributed by atoms with Crippen LogP contribution in [0.15, 0.2) is 34.6 Å². The molecule has 1 unspecified atom stereocenters. The van der Waals surface area contributed by atoms with Crippen molar-refractivity contribution in [2.45, 2.75) is 26.4 Å². The van der Waals surface area contributed by atoms with Crippen LogP contribution in [0.5, 0.6) is 0 Å². The highest BCUT2D eigenvalue weighted by Crippen LogP contribution is 2.18. The quantitative estimate of drug-likeness (QED) is 0.408. The van der Waals surface area contributed by atoms with Crippen LogP contribution in [0.4, 0.5) is 5.13 Å². The van der Waals surface area contributed by atoms with Gasteiger partial charge in [0.25, 0.3) is 0 Å². The minimum absolute atomic E-state index is 0. The summed E-state index contributed by atoms with van der Waals surface area (Å²) in [4.78, 5) is 10.9. The zero-order valence-corrected chi connectivity index (χ0v) is 18.0. The monoisotopic (exact) mass is 459 g/mol. The second-order valence-electron chi connectivity index (χ2n) is 5.66. The number of thiazole rings is 1. The number of nitrogens with one attached hydrogen (secondary N) is 2. The molecule has 0 saturated carbocycles. The lowest BCUT2D eigenvalue weighted by Crippen LogP contribution is -2.38. The first-order valence-corrected chi connectivity index (χ1v) is 8.53. The Morgan fingerprint density at radius 3 is 2.62 bits per heavy atom. The molecule has 1 atom stereocenters. The highest BCUT2D eigenvalue weighted by atomic mass is 127. The lowest BCUT2D eigenvalue weighted by molar-refractivity contribution is 0.679. The molecule has 0 aliphatic heterocycles. The van der Waals surface area contributed by atoms with Crippen LogP contribution in [0.3, 0.4) is 0 Å². The summed E-state index contributed by atoms with van der Waals surface area (Å²) in [5, 5.41) is 9.83. The third-order valence-corrected chi connectivity index (χ3v) is 4.65. The van der Waals surface area contributed by atoms with Gasteiger partial charge in [0.2, 0.25) is 0 Å². The molecule has 0 fully saturated rings. The lowest BCUT2D eigenvalue weighted by Gasteiger charge is -2.19. The molecule has 5 nitrogen and oxygen atoms in total. The molecule has 132 valence electrons. The third-order valence-electron chi connectivity index (χ3n) is 3.59. The van der Waals surface area contributed by atoms with Crippen LogP contribution in [0.2, 0.25) is 0 Å². The van der Waals surface area contributed by atoms with E-state index in [-0.39, 0.29) is 30.0 Å². The number of halogens is 1. The zero-order chi connectivity index (χ0) is 16.8. The molecule has 1 aromatic heterocycles. The number of hydrogen-bond donors (Lipinski definition) is 2. The molecule has 1 heterocycles. The molecule has 0 saturated heterocycles. The van der Waals surface area contributed by atoms with Crippen LogP contribution >= 0.6 is 35.3 Å². The van der Waals surface area contributed by atoms with Gasteiger partial charge in [-0.05, 0) is 25.0 Å². The van der Waals surface area contributed by atoms with E-state index in [2.05, 4.69) is 64.1 Å². The van der Waals surface area contributed by atoms with Crippen LogP contribution in [-0.4, -0.2) is 32.1 Å². The predicted octanol–water partition coefficient (Wildman–Crippen LogP) is 3.56. The Balaban J connectivity index is 0.00000288. The van der Waals surface area contributed by atoms with Gasteiger partial charge in [-0.1, -0.05) is 24.3 Å². The van der Waals surface area contributed by atoms with Crippen molar-refractivity contribution in [1.29, 1.82) is 0 Å². The van der Waals surface area contributed by atoms with Crippen molar-refractivity contribution in [3.05, 3.63) is 46.5 Å². The molecule has 0 aliphatic rings. The number of aryl methyl sites for hydroxylation is 1. The molecule has 2 aromatic rings. The number of guanidine groups is 1. The number of nitrogens with zero attached hydrogens (tertiary/aromatic N) is 3. The van der Waals surface area contributed by atoms with Crippen molar-refractivity contribution in [3.63, 3.8) is 0 Å². The van der Waals surface area contributed by atoms with E-state index in [1.54, 1.807) is 18.4 Å². The molecule has 24 heavy (non-hydrogen) atoms. The predicted molar refractivity (Wildman–Crippen MR) is 115 cm³/mol. The second kappa shape index (κ2) is 9.83. The van der Waals surface area contributed by atoms with Gasteiger partial charge in [0.05, 0.1) is 18.3 Å². The van der Waals surface area contributed by atoms with Crippen molar-refractivity contribution in [3.8, 4) is 0 Å². The number of benzene rings is 1. The summed E-state index contributed by atoms with van der Waals surface area (Å²) in [6.07, 6.45) is 0. The van der Waals surface area contributed by atoms with E-state index in [9.17, 15) is 0 Å². The van der Waals surface area contributed by atoms with E-state index in [1.165, 1.54) is 11.1 Å².